The van der Waals surface area contributed by atoms with Crippen LogP contribution >= 0.6 is 0 Å². The minimum absolute atomic E-state index is 0.776. The molecule has 0 atom stereocenters. The Morgan fingerprint density at radius 1 is 0.562 bits per heavy atom. The topological polar surface area (TPSA) is 50.7 Å². The van der Waals surface area contributed by atoms with Gasteiger partial charge in [-0.1, -0.05) is 54.1 Å². The summed E-state index contributed by atoms with van der Waals surface area (Å²) in [6.45, 7) is 2.11. The molecule has 3 nitrogen and oxygen atoms in total. The van der Waals surface area contributed by atoms with E-state index in [-0.39, 0.29) is 0 Å². The van der Waals surface area contributed by atoms with Gasteiger partial charge in [-0.25, -0.2) is 0 Å². The van der Waals surface area contributed by atoms with Crippen molar-refractivity contribution in [3.05, 3.63) is 113 Å². The highest BCUT2D eigenvalue weighted by Gasteiger charge is 2.19. The lowest BCUT2D eigenvalue weighted by Crippen LogP contribution is -2.00. The van der Waals surface area contributed by atoms with Gasteiger partial charge in [0, 0.05) is 18.5 Å². The van der Waals surface area contributed by atoms with Crippen molar-refractivity contribution >= 4 is 28.5 Å². The van der Waals surface area contributed by atoms with Gasteiger partial charge < -0.3 is 5.73 Å². The average Bonchev–Trinajstić information content (AvgIpc) is 3.43. The van der Waals surface area contributed by atoms with Crippen molar-refractivity contribution in [3.63, 3.8) is 0 Å². The Hall–Kier alpha value is -3.98. The zero-order valence-electron chi connectivity index (χ0n) is 18.0. The van der Waals surface area contributed by atoms with E-state index in [9.17, 15) is 0 Å². The van der Waals surface area contributed by atoms with Gasteiger partial charge in [0.2, 0.25) is 0 Å². The van der Waals surface area contributed by atoms with Crippen molar-refractivity contribution < 1.29 is 0 Å². The second kappa shape index (κ2) is 7.31. The van der Waals surface area contributed by atoms with Crippen molar-refractivity contribution in [1.29, 1.82) is 0 Å². The van der Waals surface area contributed by atoms with Crippen molar-refractivity contribution in [2.24, 2.45) is 9.98 Å². The summed E-state index contributed by atoms with van der Waals surface area (Å²) in [5.74, 6) is 0. The Kier molecular flexibility index (Phi) is 4.29. The van der Waals surface area contributed by atoms with E-state index < -0.39 is 0 Å². The van der Waals surface area contributed by atoms with Crippen molar-refractivity contribution in [3.8, 4) is 11.1 Å². The van der Waals surface area contributed by atoms with Crippen LogP contribution in [0.1, 0.15) is 27.8 Å². The van der Waals surface area contributed by atoms with Gasteiger partial charge in [-0.05, 0) is 76.7 Å². The van der Waals surface area contributed by atoms with Crippen molar-refractivity contribution in [2.45, 2.75) is 19.8 Å². The van der Waals surface area contributed by atoms with Crippen LogP contribution in [0.25, 0.3) is 11.1 Å². The van der Waals surface area contributed by atoms with E-state index in [1.54, 1.807) is 0 Å². The van der Waals surface area contributed by atoms with Gasteiger partial charge in [-0.15, -0.1) is 0 Å². The molecule has 2 N–H and O–H groups in total. The van der Waals surface area contributed by atoms with E-state index in [0.717, 1.165) is 46.9 Å². The Balaban J connectivity index is 1.25. The lowest BCUT2D eigenvalue weighted by molar-refractivity contribution is 1.37. The van der Waals surface area contributed by atoms with Gasteiger partial charge in [0.15, 0.2) is 0 Å². The summed E-state index contributed by atoms with van der Waals surface area (Å²) in [7, 11) is 0. The number of benzene rings is 4. The molecule has 154 valence electrons. The number of anilines is 1. The predicted molar refractivity (Wildman–Crippen MR) is 134 cm³/mol. The minimum atomic E-state index is 0.776. The van der Waals surface area contributed by atoms with Crippen LogP contribution in [0, 0.1) is 6.92 Å². The summed E-state index contributed by atoms with van der Waals surface area (Å²) in [6.07, 6.45) is 1.72. The summed E-state index contributed by atoms with van der Waals surface area (Å²) in [6, 6.07) is 29.8. The molecule has 2 aliphatic rings. The molecule has 32 heavy (non-hydrogen) atoms. The molecule has 0 saturated carbocycles. The Morgan fingerprint density at radius 2 is 1.00 bits per heavy atom. The highest BCUT2D eigenvalue weighted by atomic mass is 14.8. The van der Waals surface area contributed by atoms with E-state index in [0.29, 0.717) is 0 Å². The number of aliphatic imine (C=N–C) groups is 2. The zero-order valence-corrected chi connectivity index (χ0v) is 18.0. The molecule has 3 heteroatoms. The molecule has 0 unspecified atom stereocenters. The Morgan fingerprint density at radius 3 is 1.50 bits per heavy atom. The number of aryl methyl sites for hydroxylation is 1. The van der Waals surface area contributed by atoms with E-state index in [1.165, 1.54) is 33.4 Å². The zero-order chi connectivity index (χ0) is 21.7. The molecule has 4 aromatic carbocycles. The Labute approximate surface area is 188 Å². The summed E-state index contributed by atoms with van der Waals surface area (Å²) in [5.41, 5.74) is 19.6. The molecule has 0 fully saturated rings. The quantitative estimate of drug-likeness (QED) is 0.378. The number of nitrogen functional groups attached to an aromatic ring is 1. The van der Waals surface area contributed by atoms with E-state index in [1.807, 2.05) is 24.3 Å². The normalized spacial score (nSPS) is 14.0. The summed E-state index contributed by atoms with van der Waals surface area (Å²) < 4.78 is 0. The maximum atomic E-state index is 5.83. The SMILES string of the molecule is Cc1ccc(C2=Nc3ccc(-c4ccc5c(c4)CC(c4ccc(N)cc4)=N5)cc3C2)cc1. The summed E-state index contributed by atoms with van der Waals surface area (Å²) in [4.78, 5) is 9.73. The molecule has 6 rings (SSSR count). The predicted octanol–water partition coefficient (Wildman–Crippen LogP) is 6.60. The number of hydrogen-bond acceptors (Lipinski definition) is 3. The first-order chi connectivity index (χ1) is 15.6. The standard InChI is InChI=1S/C29H23N3/c1-18-2-4-19(5-3-18)28-16-23-14-21(8-12-26(23)31-28)22-9-13-27-24(15-22)17-29(32-27)20-6-10-25(30)11-7-20/h2-15H,16-17,30H2,1H3. The smallest absolute Gasteiger partial charge is 0.0669 e. The first-order valence-corrected chi connectivity index (χ1v) is 11.0. The molecule has 0 spiro atoms. The molecule has 0 amide bonds. The van der Waals surface area contributed by atoms with Crippen LogP contribution in [-0.4, -0.2) is 11.4 Å². The molecule has 0 aromatic heterocycles. The Bertz CT molecular complexity index is 1300. The number of fused-ring (bicyclic) bond motifs is 2. The molecule has 0 bridgehead atoms. The fraction of sp³-hybridized carbons (Fsp3) is 0.103. The molecule has 4 aromatic rings. The third-order valence-electron chi connectivity index (χ3n) is 6.35. The van der Waals surface area contributed by atoms with Gasteiger partial charge in [0.25, 0.3) is 0 Å². The van der Waals surface area contributed by atoms with Crippen LogP contribution < -0.4 is 5.73 Å². The van der Waals surface area contributed by atoms with Gasteiger partial charge in [0.1, 0.15) is 0 Å². The molecule has 0 saturated heterocycles. The fourth-order valence-corrected chi connectivity index (χ4v) is 4.52. The third-order valence-corrected chi connectivity index (χ3v) is 6.35. The number of nitrogens with zero attached hydrogens (tertiary/aromatic N) is 2. The average molecular weight is 414 g/mol. The van der Waals surface area contributed by atoms with Gasteiger partial charge in [0.05, 0.1) is 22.8 Å². The van der Waals surface area contributed by atoms with Crippen LogP contribution in [-0.2, 0) is 12.8 Å². The maximum Gasteiger partial charge on any atom is 0.0669 e. The largest absolute Gasteiger partial charge is 0.399 e. The van der Waals surface area contributed by atoms with Crippen LogP contribution in [0.2, 0.25) is 0 Å². The van der Waals surface area contributed by atoms with Gasteiger partial charge in [-0.3, -0.25) is 9.98 Å². The van der Waals surface area contributed by atoms with Crippen molar-refractivity contribution in [2.75, 3.05) is 5.73 Å². The van der Waals surface area contributed by atoms with E-state index >= 15 is 0 Å². The van der Waals surface area contributed by atoms with Gasteiger partial charge in [-0.2, -0.15) is 0 Å². The highest BCUT2D eigenvalue weighted by molar-refractivity contribution is 6.07. The lowest BCUT2D eigenvalue weighted by Gasteiger charge is -2.07. The third kappa shape index (κ3) is 3.32. The first kappa shape index (κ1) is 18.8. The van der Waals surface area contributed by atoms with Crippen LogP contribution in [0.5, 0.6) is 0 Å². The van der Waals surface area contributed by atoms with Gasteiger partial charge >= 0.3 is 0 Å². The number of rotatable bonds is 3. The molecular weight excluding hydrogens is 390 g/mol. The minimum Gasteiger partial charge on any atom is -0.399 e. The van der Waals surface area contributed by atoms with E-state index in [2.05, 4.69) is 67.6 Å². The summed E-state index contributed by atoms with van der Waals surface area (Å²) >= 11 is 0. The monoisotopic (exact) mass is 413 g/mol. The lowest BCUT2D eigenvalue weighted by atomic mass is 9.96. The second-order valence-corrected chi connectivity index (χ2v) is 8.65. The van der Waals surface area contributed by atoms with Crippen LogP contribution in [0.3, 0.4) is 0 Å². The molecular formula is C29H23N3. The highest BCUT2D eigenvalue weighted by Crippen LogP contribution is 2.36. The van der Waals surface area contributed by atoms with E-state index in [4.69, 9.17) is 15.7 Å². The van der Waals surface area contributed by atoms with Crippen LogP contribution in [0.4, 0.5) is 17.1 Å². The number of hydrogen-bond donors (Lipinski definition) is 1. The molecule has 0 aliphatic carbocycles. The van der Waals surface area contributed by atoms with Crippen molar-refractivity contribution in [1.82, 2.24) is 0 Å². The molecule has 0 radical (unpaired) electrons. The summed E-state index contributed by atoms with van der Waals surface area (Å²) in [5, 5.41) is 0. The van der Waals surface area contributed by atoms with Crippen LogP contribution in [0.15, 0.2) is 94.9 Å². The molecule has 2 heterocycles. The maximum absolute atomic E-state index is 5.83. The first-order valence-electron chi connectivity index (χ1n) is 11.0. The molecule has 2 aliphatic heterocycles. The number of nitrogens with two attached hydrogens (primary N) is 1. The second-order valence-electron chi connectivity index (χ2n) is 8.65. The fourth-order valence-electron chi connectivity index (χ4n) is 4.52.